The number of carbonyl (C=O) groups excluding carboxylic acids is 1. The second-order valence-electron chi connectivity index (χ2n) is 5.48. The van der Waals surface area contributed by atoms with E-state index in [4.69, 9.17) is 23.2 Å². The number of nitro groups is 1. The normalized spacial score (nSPS) is 15.6. The summed E-state index contributed by atoms with van der Waals surface area (Å²) in [5.74, 6) is -0.423. The van der Waals surface area contributed by atoms with Gasteiger partial charge in [0, 0.05) is 18.7 Å². The van der Waals surface area contributed by atoms with Gasteiger partial charge in [0.05, 0.1) is 20.5 Å². The van der Waals surface area contributed by atoms with E-state index in [0.717, 1.165) is 37.8 Å². The zero-order chi connectivity index (χ0) is 15.6. The van der Waals surface area contributed by atoms with Crippen LogP contribution in [0.1, 0.15) is 43.0 Å². The molecule has 1 fully saturated rings. The third-order valence-corrected chi connectivity index (χ3v) is 4.63. The van der Waals surface area contributed by atoms with Gasteiger partial charge < -0.3 is 5.32 Å². The molecule has 21 heavy (non-hydrogen) atoms. The number of halogens is 2. The Kier molecular flexibility index (Phi) is 4.74. The number of rotatable bonds is 6. The molecule has 0 bridgehead atoms. The third-order valence-electron chi connectivity index (χ3n) is 3.83. The van der Waals surface area contributed by atoms with Crippen molar-refractivity contribution in [3.63, 3.8) is 0 Å². The Balaban J connectivity index is 2.13. The molecule has 0 aliphatic heterocycles. The van der Waals surface area contributed by atoms with Crippen molar-refractivity contribution >= 4 is 34.8 Å². The predicted molar refractivity (Wildman–Crippen MR) is 82.0 cm³/mol. The first-order valence-electron chi connectivity index (χ1n) is 6.80. The van der Waals surface area contributed by atoms with Gasteiger partial charge in [0.15, 0.2) is 0 Å². The number of amides is 1. The summed E-state index contributed by atoms with van der Waals surface area (Å²) >= 11 is 11.8. The lowest BCUT2D eigenvalue weighted by atomic mass is 10.0. The summed E-state index contributed by atoms with van der Waals surface area (Å²) in [5.41, 5.74) is -0.00565. The Hall–Kier alpha value is -1.33. The molecule has 1 aromatic rings. The summed E-state index contributed by atoms with van der Waals surface area (Å²) in [5, 5.41) is 13.7. The highest BCUT2D eigenvalue weighted by Gasteiger charge is 2.41. The lowest BCUT2D eigenvalue weighted by molar-refractivity contribution is -0.384. The van der Waals surface area contributed by atoms with E-state index in [2.05, 4.69) is 12.2 Å². The number of hydrogen-bond acceptors (Lipinski definition) is 3. The molecular weight excluding hydrogens is 315 g/mol. The molecule has 0 saturated heterocycles. The van der Waals surface area contributed by atoms with E-state index in [0.29, 0.717) is 6.54 Å². The molecule has 0 spiro atoms. The number of carbonyl (C=O) groups is 1. The molecule has 1 aliphatic carbocycles. The van der Waals surface area contributed by atoms with E-state index >= 15 is 0 Å². The number of benzene rings is 1. The first kappa shape index (κ1) is 16.0. The number of nitrogens with one attached hydrogen (secondary N) is 1. The number of nitro benzene ring substituents is 1. The monoisotopic (exact) mass is 330 g/mol. The highest BCUT2D eigenvalue weighted by molar-refractivity contribution is 6.44. The maximum atomic E-state index is 12.2. The van der Waals surface area contributed by atoms with Gasteiger partial charge in [-0.1, -0.05) is 36.5 Å². The average molecular weight is 331 g/mol. The van der Waals surface area contributed by atoms with Crippen molar-refractivity contribution in [3.05, 3.63) is 37.9 Å². The summed E-state index contributed by atoms with van der Waals surface area (Å²) in [7, 11) is 0. The molecule has 1 saturated carbocycles. The fourth-order valence-electron chi connectivity index (χ4n) is 2.43. The second-order valence-corrected chi connectivity index (χ2v) is 6.26. The molecule has 2 rings (SSSR count). The van der Waals surface area contributed by atoms with Crippen LogP contribution in [0.2, 0.25) is 10.0 Å². The topological polar surface area (TPSA) is 72.2 Å². The van der Waals surface area contributed by atoms with Crippen molar-refractivity contribution in [2.24, 2.45) is 5.41 Å². The molecule has 1 amide bonds. The molecule has 0 radical (unpaired) electrons. The van der Waals surface area contributed by atoms with Crippen LogP contribution in [-0.4, -0.2) is 17.4 Å². The van der Waals surface area contributed by atoms with Gasteiger partial charge in [-0.15, -0.1) is 0 Å². The van der Waals surface area contributed by atoms with Gasteiger partial charge in [-0.25, -0.2) is 0 Å². The highest BCUT2D eigenvalue weighted by Crippen LogP contribution is 2.49. The van der Waals surface area contributed by atoms with Crippen LogP contribution in [0.3, 0.4) is 0 Å². The van der Waals surface area contributed by atoms with Crippen LogP contribution in [0.25, 0.3) is 0 Å². The fourth-order valence-corrected chi connectivity index (χ4v) is 2.84. The highest BCUT2D eigenvalue weighted by atomic mass is 35.5. The third kappa shape index (κ3) is 3.66. The van der Waals surface area contributed by atoms with Crippen LogP contribution in [0.15, 0.2) is 12.1 Å². The summed E-state index contributed by atoms with van der Waals surface area (Å²) < 4.78 is 0. The van der Waals surface area contributed by atoms with Gasteiger partial charge in [-0.05, 0) is 24.7 Å². The maximum Gasteiger partial charge on any atom is 0.271 e. The van der Waals surface area contributed by atoms with Gasteiger partial charge in [-0.3, -0.25) is 14.9 Å². The summed E-state index contributed by atoms with van der Waals surface area (Å²) in [6.45, 7) is 2.68. The lowest BCUT2D eigenvalue weighted by Gasteiger charge is -2.15. The zero-order valence-electron chi connectivity index (χ0n) is 11.6. The SMILES string of the molecule is CCCC1(CNC(=O)c2cc([N+](=O)[O-])cc(Cl)c2Cl)CC1. The van der Waals surface area contributed by atoms with Gasteiger partial charge in [0.1, 0.15) is 0 Å². The van der Waals surface area contributed by atoms with Crippen molar-refractivity contribution in [1.29, 1.82) is 0 Å². The minimum absolute atomic E-state index is 0.00529. The largest absolute Gasteiger partial charge is 0.351 e. The number of hydrogen-bond donors (Lipinski definition) is 1. The Morgan fingerprint density at radius 2 is 2.10 bits per heavy atom. The molecule has 114 valence electrons. The van der Waals surface area contributed by atoms with Crippen molar-refractivity contribution < 1.29 is 9.72 Å². The van der Waals surface area contributed by atoms with Crippen molar-refractivity contribution in [3.8, 4) is 0 Å². The Bertz CT molecular complexity index is 586. The molecule has 0 aromatic heterocycles. The van der Waals surface area contributed by atoms with Crippen LogP contribution >= 0.6 is 23.2 Å². The second kappa shape index (κ2) is 6.20. The van der Waals surface area contributed by atoms with Crippen LogP contribution in [0.5, 0.6) is 0 Å². The molecule has 7 heteroatoms. The minimum Gasteiger partial charge on any atom is -0.351 e. The van der Waals surface area contributed by atoms with Crippen LogP contribution in [0.4, 0.5) is 5.69 Å². The van der Waals surface area contributed by atoms with Crippen LogP contribution in [0, 0.1) is 15.5 Å². The van der Waals surface area contributed by atoms with E-state index in [-0.39, 0.29) is 26.7 Å². The Morgan fingerprint density at radius 3 is 2.62 bits per heavy atom. The van der Waals surface area contributed by atoms with E-state index in [1.807, 2.05) is 0 Å². The average Bonchev–Trinajstić information content (AvgIpc) is 3.19. The Labute approximate surface area is 132 Å². The molecule has 0 atom stereocenters. The predicted octanol–water partition coefficient (Wildman–Crippen LogP) is 4.21. The molecular formula is C14H16Cl2N2O3. The maximum absolute atomic E-state index is 12.2. The van der Waals surface area contributed by atoms with E-state index in [1.54, 1.807) is 0 Å². The first-order chi connectivity index (χ1) is 9.88. The smallest absolute Gasteiger partial charge is 0.271 e. The van der Waals surface area contributed by atoms with Crippen molar-refractivity contribution in [2.75, 3.05) is 6.54 Å². The van der Waals surface area contributed by atoms with Crippen LogP contribution in [-0.2, 0) is 0 Å². The molecule has 1 aliphatic rings. The molecule has 1 aromatic carbocycles. The lowest BCUT2D eigenvalue weighted by Crippen LogP contribution is -2.30. The van der Waals surface area contributed by atoms with Crippen LogP contribution < -0.4 is 5.32 Å². The molecule has 1 N–H and O–H groups in total. The molecule has 0 heterocycles. The molecule has 5 nitrogen and oxygen atoms in total. The van der Waals surface area contributed by atoms with Gasteiger partial charge >= 0.3 is 0 Å². The summed E-state index contributed by atoms with van der Waals surface area (Å²) in [6, 6.07) is 2.29. The van der Waals surface area contributed by atoms with E-state index < -0.39 is 10.8 Å². The fraction of sp³-hybridized carbons (Fsp3) is 0.500. The number of nitrogens with zero attached hydrogens (tertiary/aromatic N) is 1. The van der Waals surface area contributed by atoms with E-state index in [9.17, 15) is 14.9 Å². The van der Waals surface area contributed by atoms with E-state index in [1.165, 1.54) is 0 Å². The summed E-state index contributed by atoms with van der Waals surface area (Å²) in [4.78, 5) is 22.4. The van der Waals surface area contributed by atoms with Gasteiger partial charge in [-0.2, -0.15) is 0 Å². The van der Waals surface area contributed by atoms with Gasteiger partial charge in [0.2, 0.25) is 0 Å². The zero-order valence-corrected chi connectivity index (χ0v) is 13.1. The van der Waals surface area contributed by atoms with Crippen molar-refractivity contribution in [1.82, 2.24) is 5.32 Å². The minimum atomic E-state index is -0.599. The van der Waals surface area contributed by atoms with Crippen molar-refractivity contribution in [2.45, 2.75) is 32.6 Å². The standard InChI is InChI=1S/C14H16Cl2N2O3/c1-2-3-14(4-5-14)8-17-13(19)10-6-9(18(20)21)7-11(15)12(10)16/h6-7H,2-5,8H2,1H3,(H,17,19). The summed E-state index contributed by atoms with van der Waals surface area (Å²) in [6.07, 6.45) is 4.34. The Morgan fingerprint density at radius 1 is 1.43 bits per heavy atom. The molecule has 0 unspecified atom stereocenters. The first-order valence-corrected chi connectivity index (χ1v) is 7.56. The van der Waals surface area contributed by atoms with Gasteiger partial charge in [0.25, 0.3) is 11.6 Å². The number of non-ortho nitro benzene ring substituents is 1. The quantitative estimate of drug-likeness (QED) is 0.627.